The zero-order chi connectivity index (χ0) is 20.2. The largest absolute Gasteiger partial charge is 0.369 e. The lowest BCUT2D eigenvalue weighted by molar-refractivity contribution is 0.0676. The van der Waals surface area contributed by atoms with Crippen LogP contribution in [0.1, 0.15) is 30.3 Å². The van der Waals surface area contributed by atoms with Gasteiger partial charge in [0.1, 0.15) is 11.5 Å². The van der Waals surface area contributed by atoms with Crippen LogP contribution in [0.5, 0.6) is 0 Å². The number of anilines is 3. The first-order chi connectivity index (χ1) is 14.1. The number of amides is 1. The number of aromatic nitrogens is 2. The molecule has 4 rings (SSSR count). The van der Waals surface area contributed by atoms with Crippen LogP contribution in [0, 0.1) is 5.92 Å². The van der Waals surface area contributed by atoms with Gasteiger partial charge in [-0.2, -0.15) is 0 Å². The van der Waals surface area contributed by atoms with Gasteiger partial charge in [0.2, 0.25) is 0 Å². The van der Waals surface area contributed by atoms with E-state index < -0.39 is 0 Å². The third-order valence-corrected chi connectivity index (χ3v) is 5.82. The number of likely N-dealkylation sites (tertiary alicyclic amines) is 1. The molecule has 2 aliphatic heterocycles. The predicted octanol–water partition coefficient (Wildman–Crippen LogP) is 2.84. The number of carbonyl (C=O) groups is 1. The summed E-state index contributed by atoms with van der Waals surface area (Å²) in [4.78, 5) is 28.0. The van der Waals surface area contributed by atoms with E-state index in [1.807, 2.05) is 4.90 Å². The molecule has 0 bridgehead atoms. The molecular weight excluding hydrogens is 364 g/mol. The van der Waals surface area contributed by atoms with E-state index in [0.29, 0.717) is 17.4 Å². The molecule has 0 aliphatic carbocycles. The van der Waals surface area contributed by atoms with Gasteiger partial charge in [-0.3, -0.25) is 4.79 Å². The Labute approximate surface area is 172 Å². The molecule has 1 aromatic carbocycles. The molecule has 7 heteroatoms. The van der Waals surface area contributed by atoms with Crippen LogP contribution in [0.25, 0.3) is 0 Å². The summed E-state index contributed by atoms with van der Waals surface area (Å²) in [5.74, 6) is 1.17. The number of carbonyl (C=O) groups excluding carboxylic acids is 1. The summed E-state index contributed by atoms with van der Waals surface area (Å²) in [6, 6.07) is 8.39. The van der Waals surface area contributed by atoms with Crippen LogP contribution in [0.2, 0.25) is 0 Å². The molecule has 2 saturated heterocycles. The van der Waals surface area contributed by atoms with Crippen molar-refractivity contribution in [3.05, 3.63) is 42.4 Å². The van der Waals surface area contributed by atoms with Crippen LogP contribution >= 0.6 is 0 Å². The second kappa shape index (κ2) is 8.78. The molecular formula is C22H30N6O. The van der Waals surface area contributed by atoms with E-state index in [1.165, 1.54) is 12.1 Å². The maximum Gasteiger partial charge on any atom is 0.274 e. The van der Waals surface area contributed by atoms with Gasteiger partial charge in [0.15, 0.2) is 0 Å². The second-order valence-electron chi connectivity index (χ2n) is 8.25. The van der Waals surface area contributed by atoms with E-state index in [4.69, 9.17) is 0 Å². The molecule has 7 nitrogen and oxygen atoms in total. The minimum absolute atomic E-state index is 0.0212. The number of piperazine rings is 1. The van der Waals surface area contributed by atoms with Crippen molar-refractivity contribution in [2.75, 3.05) is 56.5 Å². The Morgan fingerprint density at radius 3 is 2.45 bits per heavy atom. The molecule has 154 valence electrons. The molecule has 1 aromatic heterocycles. The van der Waals surface area contributed by atoms with Crippen molar-refractivity contribution in [1.82, 2.24) is 19.8 Å². The maximum atomic E-state index is 12.6. The molecule has 0 spiro atoms. The average molecular weight is 395 g/mol. The summed E-state index contributed by atoms with van der Waals surface area (Å²) in [7, 11) is 2.16. The number of piperidine rings is 1. The zero-order valence-electron chi connectivity index (χ0n) is 17.3. The lowest BCUT2D eigenvalue weighted by atomic mass is 10.0. The average Bonchev–Trinajstić information content (AvgIpc) is 2.75. The molecule has 1 amide bonds. The lowest BCUT2D eigenvalue weighted by Crippen LogP contribution is -2.44. The van der Waals surface area contributed by atoms with E-state index in [2.05, 4.69) is 63.3 Å². The Bertz CT molecular complexity index is 814. The van der Waals surface area contributed by atoms with Crippen molar-refractivity contribution in [3.63, 3.8) is 0 Å². The SMILES string of the molecule is CC1CCCN(C(=O)c2cnc(Nc3ccc(N4CCN(C)CC4)cc3)cn2)C1. The number of hydrogen-bond acceptors (Lipinski definition) is 6. The molecule has 1 N–H and O–H groups in total. The third kappa shape index (κ3) is 4.85. The number of benzene rings is 1. The molecule has 0 saturated carbocycles. The first-order valence-electron chi connectivity index (χ1n) is 10.5. The molecule has 2 fully saturated rings. The Kier molecular flexibility index (Phi) is 5.94. The van der Waals surface area contributed by atoms with Crippen LogP contribution in [0.15, 0.2) is 36.7 Å². The van der Waals surface area contributed by atoms with E-state index in [-0.39, 0.29) is 5.91 Å². The number of likely N-dealkylation sites (N-methyl/N-ethyl adjacent to an activating group) is 1. The van der Waals surface area contributed by atoms with Crippen LogP contribution in [-0.2, 0) is 0 Å². The summed E-state index contributed by atoms with van der Waals surface area (Å²) in [6.45, 7) is 8.10. The number of rotatable bonds is 4. The van der Waals surface area contributed by atoms with Crippen LogP contribution < -0.4 is 10.2 Å². The van der Waals surface area contributed by atoms with E-state index >= 15 is 0 Å². The van der Waals surface area contributed by atoms with E-state index in [9.17, 15) is 4.79 Å². The standard InChI is InChI=1S/C22H30N6O/c1-17-4-3-9-28(16-17)22(29)20-14-24-21(15-23-20)25-18-5-7-19(8-6-18)27-12-10-26(2)11-13-27/h5-8,14-15,17H,3-4,9-13,16H2,1-2H3,(H,24,25). The molecule has 0 radical (unpaired) electrons. The maximum absolute atomic E-state index is 12.6. The molecule has 2 aliphatic rings. The monoisotopic (exact) mass is 394 g/mol. The van der Waals surface area contributed by atoms with Gasteiger partial charge < -0.3 is 20.0 Å². The quantitative estimate of drug-likeness (QED) is 0.860. The van der Waals surface area contributed by atoms with Crippen LogP contribution in [0.3, 0.4) is 0 Å². The van der Waals surface area contributed by atoms with Crippen molar-refractivity contribution in [2.45, 2.75) is 19.8 Å². The molecule has 3 heterocycles. The highest BCUT2D eigenvalue weighted by molar-refractivity contribution is 5.92. The van der Waals surface area contributed by atoms with Gasteiger partial charge in [0, 0.05) is 50.6 Å². The minimum Gasteiger partial charge on any atom is -0.369 e. The van der Waals surface area contributed by atoms with Crippen molar-refractivity contribution >= 4 is 23.1 Å². The van der Waals surface area contributed by atoms with Crippen LogP contribution in [-0.4, -0.2) is 72.0 Å². The van der Waals surface area contributed by atoms with Gasteiger partial charge in [-0.15, -0.1) is 0 Å². The Hall–Kier alpha value is -2.67. The highest BCUT2D eigenvalue weighted by Gasteiger charge is 2.23. The summed E-state index contributed by atoms with van der Waals surface area (Å²) in [5, 5.41) is 3.27. The fourth-order valence-electron chi connectivity index (χ4n) is 4.01. The van der Waals surface area contributed by atoms with E-state index in [1.54, 1.807) is 12.4 Å². The topological polar surface area (TPSA) is 64.6 Å². The van der Waals surface area contributed by atoms with E-state index in [0.717, 1.165) is 51.4 Å². The Morgan fingerprint density at radius 1 is 1.03 bits per heavy atom. The highest BCUT2D eigenvalue weighted by Crippen LogP contribution is 2.22. The smallest absolute Gasteiger partial charge is 0.274 e. The van der Waals surface area contributed by atoms with Crippen molar-refractivity contribution in [3.8, 4) is 0 Å². The van der Waals surface area contributed by atoms with Gasteiger partial charge in [0.05, 0.1) is 12.4 Å². The van der Waals surface area contributed by atoms with Gasteiger partial charge in [-0.1, -0.05) is 6.92 Å². The summed E-state index contributed by atoms with van der Waals surface area (Å²) >= 11 is 0. The van der Waals surface area contributed by atoms with Gasteiger partial charge in [-0.25, -0.2) is 9.97 Å². The fourth-order valence-corrected chi connectivity index (χ4v) is 4.01. The van der Waals surface area contributed by atoms with Gasteiger partial charge >= 0.3 is 0 Å². The molecule has 1 atom stereocenters. The fraction of sp³-hybridized carbons (Fsp3) is 0.500. The Balaban J connectivity index is 1.35. The Morgan fingerprint density at radius 2 is 1.79 bits per heavy atom. The first kappa shape index (κ1) is 19.6. The number of nitrogens with one attached hydrogen (secondary N) is 1. The summed E-state index contributed by atoms with van der Waals surface area (Å²) < 4.78 is 0. The van der Waals surface area contributed by atoms with Crippen LogP contribution in [0.4, 0.5) is 17.2 Å². The first-order valence-corrected chi connectivity index (χ1v) is 10.5. The van der Waals surface area contributed by atoms with Gasteiger partial charge in [-0.05, 0) is 50.1 Å². The lowest BCUT2D eigenvalue weighted by Gasteiger charge is -2.34. The normalized spacial score (nSPS) is 20.6. The highest BCUT2D eigenvalue weighted by atomic mass is 16.2. The zero-order valence-corrected chi connectivity index (χ0v) is 17.3. The molecule has 29 heavy (non-hydrogen) atoms. The van der Waals surface area contributed by atoms with Gasteiger partial charge in [0.25, 0.3) is 5.91 Å². The predicted molar refractivity (Wildman–Crippen MR) is 116 cm³/mol. The van der Waals surface area contributed by atoms with Crippen molar-refractivity contribution in [2.24, 2.45) is 5.92 Å². The summed E-state index contributed by atoms with van der Waals surface area (Å²) in [5.41, 5.74) is 2.61. The second-order valence-corrected chi connectivity index (χ2v) is 8.25. The van der Waals surface area contributed by atoms with Crippen molar-refractivity contribution in [1.29, 1.82) is 0 Å². The molecule has 1 unspecified atom stereocenters. The minimum atomic E-state index is -0.0212. The molecule has 2 aromatic rings. The third-order valence-electron chi connectivity index (χ3n) is 5.82. The number of nitrogens with zero attached hydrogens (tertiary/aromatic N) is 5. The summed E-state index contributed by atoms with van der Waals surface area (Å²) in [6.07, 6.45) is 5.45. The van der Waals surface area contributed by atoms with Crippen molar-refractivity contribution < 1.29 is 4.79 Å². The number of hydrogen-bond donors (Lipinski definition) is 1.